The van der Waals surface area contributed by atoms with Crippen molar-refractivity contribution in [3.63, 3.8) is 0 Å². The van der Waals surface area contributed by atoms with Crippen molar-refractivity contribution in [3.05, 3.63) is 0 Å². The lowest BCUT2D eigenvalue weighted by Crippen LogP contribution is -2.43. The molecule has 1 aliphatic rings. The number of nitrogens with zero attached hydrogens (tertiary/aromatic N) is 2. The van der Waals surface area contributed by atoms with Gasteiger partial charge in [0.25, 0.3) is 0 Å². The van der Waals surface area contributed by atoms with Crippen molar-refractivity contribution >= 4 is 5.96 Å². The van der Waals surface area contributed by atoms with Crippen LogP contribution in [0, 0.1) is 5.92 Å². The summed E-state index contributed by atoms with van der Waals surface area (Å²) in [5.41, 5.74) is 5.89. The Balaban J connectivity index is 2.53. The summed E-state index contributed by atoms with van der Waals surface area (Å²) in [6.07, 6.45) is 2.47. The van der Waals surface area contributed by atoms with E-state index < -0.39 is 0 Å². The largest absolute Gasteiger partial charge is 0.370 e. The highest BCUT2D eigenvalue weighted by molar-refractivity contribution is 5.78. The maximum Gasteiger partial charge on any atom is 0.191 e. The third kappa shape index (κ3) is 3.56. The van der Waals surface area contributed by atoms with Gasteiger partial charge >= 0.3 is 0 Å². The summed E-state index contributed by atoms with van der Waals surface area (Å²) in [4.78, 5) is 6.68. The Bertz CT molecular complexity index is 207. The fraction of sp³-hybridized carbons (Fsp3) is 0.909. The van der Waals surface area contributed by atoms with Crippen LogP contribution in [-0.4, -0.2) is 29.5 Å². The van der Waals surface area contributed by atoms with E-state index in [1.54, 1.807) is 0 Å². The van der Waals surface area contributed by atoms with Crippen molar-refractivity contribution < 1.29 is 0 Å². The molecule has 0 saturated carbocycles. The van der Waals surface area contributed by atoms with Gasteiger partial charge in [-0.3, -0.25) is 0 Å². The molecule has 0 spiro atoms. The van der Waals surface area contributed by atoms with E-state index in [1.165, 1.54) is 12.8 Å². The van der Waals surface area contributed by atoms with E-state index in [0.717, 1.165) is 19.0 Å². The second kappa shape index (κ2) is 4.20. The smallest absolute Gasteiger partial charge is 0.191 e. The Morgan fingerprint density at radius 3 is 2.21 bits per heavy atom. The van der Waals surface area contributed by atoms with Gasteiger partial charge in [-0.2, -0.15) is 0 Å². The normalized spacial score (nSPS) is 21.4. The fourth-order valence-corrected chi connectivity index (χ4v) is 1.65. The zero-order valence-electron chi connectivity index (χ0n) is 9.88. The molecular formula is C11H23N3. The predicted molar refractivity (Wildman–Crippen MR) is 61.3 cm³/mol. The predicted octanol–water partition coefficient (Wildman–Crippen LogP) is 1.83. The quantitative estimate of drug-likeness (QED) is 0.475. The minimum Gasteiger partial charge on any atom is -0.370 e. The van der Waals surface area contributed by atoms with E-state index in [2.05, 4.69) is 37.6 Å². The number of guanidine groups is 1. The van der Waals surface area contributed by atoms with Gasteiger partial charge in [0.1, 0.15) is 0 Å². The van der Waals surface area contributed by atoms with Gasteiger partial charge in [0, 0.05) is 13.1 Å². The summed E-state index contributed by atoms with van der Waals surface area (Å²) in [6, 6.07) is 0. The number of rotatable bonds is 0. The van der Waals surface area contributed by atoms with E-state index in [4.69, 9.17) is 5.73 Å². The highest BCUT2D eigenvalue weighted by Gasteiger charge is 2.18. The van der Waals surface area contributed by atoms with Crippen LogP contribution in [-0.2, 0) is 0 Å². The molecule has 2 N–H and O–H groups in total. The van der Waals surface area contributed by atoms with Crippen LogP contribution in [0.1, 0.15) is 40.5 Å². The maximum atomic E-state index is 5.96. The van der Waals surface area contributed by atoms with Gasteiger partial charge in [-0.15, -0.1) is 0 Å². The van der Waals surface area contributed by atoms with Gasteiger partial charge in [-0.1, -0.05) is 6.92 Å². The number of hydrogen-bond donors (Lipinski definition) is 1. The van der Waals surface area contributed by atoms with Crippen LogP contribution in [0.3, 0.4) is 0 Å². The molecule has 1 saturated heterocycles. The number of aliphatic imine (C=N–C) groups is 1. The molecule has 14 heavy (non-hydrogen) atoms. The Labute approximate surface area is 87.4 Å². The molecule has 0 atom stereocenters. The van der Waals surface area contributed by atoms with Crippen molar-refractivity contribution in [1.29, 1.82) is 0 Å². The molecule has 3 nitrogen and oxygen atoms in total. The van der Waals surface area contributed by atoms with Crippen LogP contribution in [0.25, 0.3) is 0 Å². The number of hydrogen-bond acceptors (Lipinski definition) is 1. The summed E-state index contributed by atoms with van der Waals surface area (Å²) >= 11 is 0. The van der Waals surface area contributed by atoms with Gasteiger partial charge in [0.15, 0.2) is 5.96 Å². The Kier molecular flexibility index (Phi) is 3.40. The molecule has 1 rings (SSSR count). The van der Waals surface area contributed by atoms with Crippen LogP contribution in [0.2, 0.25) is 0 Å². The molecule has 0 aliphatic carbocycles. The Morgan fingerprint density at radius 1 is 1.29 bits per heavy atom. The molecular weight excluding hydrogens is 174 g/mol. The molecule has 0 unspecified atom stereocenters. The first-order valence-electron chi connectivity index (χ1n) is 5.49. The van der Waals surface area contributed by atoms with Gasteiger partial charge in [0.2, 0.25) is 0 Å². The highest BCUT2D eigenvalue weighted by Crippen LogP contribution is 2.16. The summed E-state index contributed by atoms with van der Waals surface area (Å²) in [5, 5.41) is 0. The van der Waals surface area contributed by atoms with Crippen LogP contribution in [0.4, 0.5) is 0 Å². The Hall–Kier alpha value is -0.730. The summed E-state index contributed by atoms with van der Waals surface area (Å²) in [5.74, 6) is 1.55. The van der Waals surface area contributed by atoms with E-state index in [0.29, 0.717) is 5.96 Å². The molecule has 0 bridgehead atoms. The SMILES string of the molecule is CC1CCN(C(N)=NC(C)(C)C)CC1. The van der Waals surface area contributed by atoms with Gasteiger partial charge in [0.05, 0.1) is 5.54 Å². The van der Waals surface area contributed by atoms with Gasteiger partial charge in [-0.05, 0) is 39.5 Å². The maximum absolute atomic E-state index is 5.96. The van der Waals surface area contributed by atoms with E-state index in [1.807, 2.05) is 0 Å². The van der Waals surface area contributed by atoms with Crippen LogP contribution in [0.5, 0.6) is 0 Å². The molecule has 0 aromatic heterocycles. The molecule has 0 amide bonds. The lowest BCUT2D eigenvalue weighted by atomic mass is 9.99. The fourth-order valence-electron chi connectivity index (χ4n) is 1.65. The monoisotopic (exact) mass is 197 g/mol. The standard InChI is InChI=1S/C11H23N3/c1-9-5-7-14(8-6-9)10(12)13-11(2,3)4/h9H,5-8H2,1-4H3,(H2,12,13). The van der Waals surface area contributed by atoms with Gasteiger partial charge < -0.3 is 10.6 Å². The number of likely N-dealkylation sites (tertiary alicyclic amines) is 1. The van der Waals surface area contributed by atoms with Crippen molar-refractivity contribution in [1.82, 2.24) is 4.90 Å². The summed E-state index contributed by atoms with van der Waals surface area (Å²) in [6.45, 7) is 10.7. The topological polar surface area (TPSA) is 41.6 Å². The highest BCUT2D eigenvalue weighted by atomic mass is 15.3. The summed E-state index contributed by atoms with van der Waals surface area (Å²) in [7, 11) is 0. The second-order valence-electron chi connectivity index (χ2n) is 5.31. The number of piperidine rings is 1. The first-order chi connectivity index (χ1) is 6.38. The molecule has 0 aromatic carbocycles. The van der Waals surface area contributed by atoms with E-state index >= 15 is 0 Å². The zero-order chi connectivity index (χ0) is 10.8. The van der Waals surface area contributed by atoms with Crippen molar-refractivity contribution in [2.24, 2.45) is 16.6 Å². The minimum atomic E-state index is -0.0624. The van der Waals surface area contributed by atoms with E-state index in [-0.39, 0.29) is 5.54 Å². The lowest BCUT2D eigenvalue weighted by molar-refractivity contribution is 0.276. The molecule has 82 valence electrons. The van der Waals surface area contributed by atoms with Crippen molar-refractivity contribution in [3.8, 4) is 0 Å². The van der Waals surface area contributed by atoms with Crippen LogP contribution >= 0.6 is 0 Å². The van der Waals surface area contributed by atoms with Gasteiger partial charge in [-0.25, -0.2) is 4.99 Å². The van der Waals surface area contributed by atoms with Crippen molar-refractivity contribution in [2.45, 2.75) is 46.1 Å². The number of nitrogens with two attached hydrogens (primary N) is 1. The zero-order valence-corrected chi connectivity index (χ0v) is 9.88. The minimum absolute atomic E-state index is 0.0624. The van der Waals surface area contributed by atoms with Crippen LogP contribution in [0.15, 0.2) is 4.99 Å². The first kappa shape index (κ1) is 11.3. The summed E-state index contributed by atoms with van der Waals surface area (Å²) < 4.78 is 0. The molecule has 1 heterocycles. The Morgan fingerprint density at radius 2 is 1.79 bits per heavy atom. The molecule has 1 aliphatic heterocycles. The van der Waals surface area contributed by atoms with E-state index in [9.17, 15) is 0 Å². The average Bonchev–Trinajstić information content (AvgIpc) is 2.02. The molecule has 0 radical (unpaired) electrons. The second-order valence-corrected chi connectivity index (χ2v) is 5.31. The first-order valence-corrected chi connectivity index (χ1v) is 5.49. The molecule has 0 aromatic rings. The lowest BCUT2D eigenvalue weighted by Gasteiger charge is -2.32. The third-order valence-electron chi connectivity index (χ3n) is 2.56. The van der Waals surface area contributed by atoms with Crippen molar-refractivity contribution in [2.75, 3.05) is 13.1 Å². The average molecular weight is 197 g/mol. The third-order valence-corrected chi connectivity index (χ3v) is 2.56. The molecule has 1 fully saturated rings. The molecule has 3 heteroatoms. The van der Waals surface area contributed by atoms with Crippen LogP contribution < -0.4 is 5.73 Å².